The second kappa shape index (κ2) is 5.54. The molecular formula is C14H22N4O2. The number of aryl methyl sites for hydroxylation is 1. The Balaban J connectivity index is 1.57. The van der Waals surface area contributed by atoms with Gasteiger partial charge in [0, 0.05) is 45.5 Å². The predicted octanol–water partition coefficient (Wildman–Crippen LogP) is 0.0913. The summed E-state index contributed by atoms with van der Waals surface area (Å²) in [5.41, 5.74) is 0.654. The van der Waals surface area contributed by atoms with Gasteiger partial charge >= 0.3 is 0 Å². The fraction of sp³-hybridized carbons (Fsp3) is 0.714. The summed E-state index contributed by atoms with van der Waals surface area (Å²) in [6.45, 7) is 3.18. The van der Waals surface area contributed by atoms with Crippen LogP contribution in [-0.4, -0.2) is 68.9 Å². The molecule has 0 spiro atoms. The van der Waals surface area contributed by atoms with Gasteiger partial charge in [-0.25, -0.2) is 0 Å². The van der Waals surface area contributed by atoms with Crippen LogP contribution in [0.2, 0.25) is 0 Å². The standard InChI is InChI=1S/C14H22N4O2/c1-16-10-11(9-15-16)14(20)18-7-5-17(6-8-18)12-3-2-4-13(12)19/h9-10,12-13,19H,2-8H2,1H3/t12-,13+/m1/s1. The van der Waals surface area contributed by atoms with Crippen LogP contribution >= 0.6 is 0 Å². The summed E-state index contributed by atoms with van der Waals surface area (Å²) < 4.78 is 1.65. The zero-order valence-corrected chi connectivity index (χ0v) is 11.9. The van der Waals surface area contributed by atoms with E-state index in [0.29, 0.717) is 11.6 Å². The van der Waals surface area contributed by atoms with Gasteiger partial charge < -0.3 is 10.0 Å². The summed E-state index contributed by atoms with van der Waals surface area (Å²) in [7, 11) is 1.82. The topological polar surface area (TPSA) is 61.6 Å². The van der Waals surface area contributed by atoms with E-state index < -0.39 is 0 Å². The van der Waals surface area contributed by atoms with Gasteiger partial charge in [-0.2, -0.15) is 5.10 Å². The van der Waals surface area contributed by atoms with Gasteiger partial charge in [-0.1, -0.05) is 0 Å². The summed E-state index contributed by atoms with van der Waals surface area (Å²) >= 11 is 0. The lowest BCUT2D eigenvalue weighted by molar-refractivity contribution is 0.0315. The minimum atomic E-state index is -0.185. The first kappa shape index (κ1) is 13.6. The molecule has 1 saturated heterocycles. The maximum absolute atomic E-state index is 12.3. The first-order valence-electron chi connectivity index (χ1n) is 7.35. The van der Waals surface area contributed by atoms with E-state index in [9.17, 15) is 9.90 Å². The third-order valence-corrected chi connectivity index (χ3v) is 4.47. The Morgan fingerprint density at radius 3 is 2.60 bits per heavy atom. The van der Waals surface area contributed by atoms with Gasteiger partial charge in [0.2, 0.25) is 0 Å². The number of carbonyl (C=O) groups is 1. The van der Waals surface area contributed by atoms with Crippen molar-refractivity contribution in [2.45, 2.75) is 31.4 Å². The number of aliphatic hydroxyl groups is 1. The average molecular weight is 278 g/mol. The van der Waals surface area contributed by atoms with Crippen LogP contribution in [-0.2, 0) is 7.05 Å². The number of aromatic nitrogens is 2. The molecule has 0 unspecified atom stereocenters. The van der Waals surface area contributed by atoms with Crippen molar-refractivity contribution in [1.82, 2.24) is 19.6 Å². The first-order chi connectivity index (χ1) is 9.65. The molecule has 110 valence electrons. The maximum atomic E-state index is 12.3. The van der Waals surface area contributed by atoms with Gasteiger partial charge in [0.25, 0.3) is 5.91 Å². The van der Waals surface area contributed by atoms with Crippen LogP contribution < -0.4 is 0 Å². The summed E-state index contributed by atoms with van der Waals surface area (Å²) in [6, 6.07) is 0.297. The van der Waals surface area contributed by atoms with Gasteiger partial charge in [0.15, 0.2) is 0 Å². The number of amides is 1. The molecule has 2 heterocycles. The molecule has 1 aromatic heterocycles. The van der Waals surface area contributed by atoms with Crippen LogP contribution in [0.25, 0.3) is 0 Å². The minimum Gasteiger partial charge on any atom is -0.391 e. The molecule has 1 saturated carbocycles. The molecule has 20 heavy (non-hydrogen) atoms. The Bertz CT molecular complexity index is 479. The number of carbonyl (C=O) groups excluding carboxylic acids is 1. The zero-order valence-electron chi connectivity index (χ0n) is 11.9. The molecule has 6 nitrogen and oxygen atoms in total. The molecule has 1 aliphatic carbocycles. The molecule has 0 bridgehead atoms. The lowest BCUT2D eigenvalue weighted by Crippen LogP contribution is -2.53. The van der Waals surface area contributed by atoms with Gasteiger partial charge in [-0.3, -0.25) is 14.4 Å². The average Bonchev–Trinajstić information content (AvgIpc) is 3.07. The maximum Gasteiger partial charge on any atom is 0.257 e. The van der Waals surface area contributed by atoms with Crippen LogP contribution in [0, 0.1) is 0 Å². The summed E-state index contributed by atoms with van der Waals surface area (Å²) in [6.07, 6.45) is 6.30. The van der Waals surface area contributed by atoms with E-state index in [-0.39, 0.29) is 12.0 Å². The third-order valence-electron chi connectivity index (χ3n) is 4.47. The number of piperazine rings is 1. The van der Waals surface area contributed by atoms with Crippen molar-refractivity contribution >= 4 is 5.91 Å². The molecule has 6 heteroatoms. The van der Waals surface area contributed by atoms with Crippen molar-refractivity contribution in [2.75, 3.05) is 26.2 Å². The Hall–Kier alpha value is -1.40. The fourth-order valence-corrected chi connectivity index (χ4v) is 3.32. The number of hydrogen-bond donors (Lipinski definition) is 1. The smallest absolute Gasteiger partial charge is 0.257 e. The molecule has 2 fully saturated rings. The molecule has 1 aromatic rings. The molecule has 1 aliphatic heterocycles. The predicted molar refractivity (Wildman–Crippen MR) is 74.3 cm³/mol. The Kier molecular flexibility index (Phi) is 3.76. The van der Waals surface area contributed by atoms with Crippen LogP contribution in [0.3, 0.4) is 0 Å². The summed E-state index contributed by atoms with van der Waals surface area (Å²) in [5.74, 6) is 0.0599. The van der Waals surface area contributed by atoms with Gasteiger partial charge in [-0.15, -0.1) is 0 Å². The van der Waals surface area contributed by atoms with E-state index in [0.717, 1.165) is 45.4 Å². The summed E-state index contributed by atoms with van der Waals surface area (Å²) in [5, 5.41) is 14.0. The van der Waals surface area contributed by atoms with E-state index >= 15 is 0 Å². The van der Waals surface area contributed by atoms with Gasteiger partial charge in [0.1, 0.15) is 0 Å². The van der Waals surface area contributed by atoms with Crippen molar-refractivity contribution in [3.8, 4) is 0 Å². The van der Waals surface area contributed by atoms with Gasteiger partial charge in [-0.05, 0) is 19.3 Å². The van der Waals surface area contributed by atoms with Crippen molar-refractivity contribution in [3.63, 3.8) is 0 Å². The van der Waals surface area contributed by atoms with Crippen LogP contribution in [0.5, 0.6) is 0 Å². The molecular weight excluding hydrogens is 256 g/mol. The number of rotatable bonds is 2. The molecule has 3 rings (SSSR count). The lowest BCUT2D eigenvalue weighted by atomic mass is 10.1. The molecule has 1 amide bonds. The quantitative estimate of drug-likeness (QED) is 0.833. The molecule has 0 aromatic carbocycles. The Morgan fingerprint density at radius 2 is 2.05 bits per heavy atom. The van der Waals surface area contributed by atoms with E-state index in [1.807, 2.05) is 11.9 Å². The SMILES string of the molecule is Cn1cc(C(=O)N2CCN([C@@H]3CCC[C@@H]3O)CC2)cn1. The number of hydrogen-bond acceptors (Lipinski definition) is 4. The van der Waals surface area contributed by atoms with E-state index in [1.54, 1.807) is 17.1 Å². The van der Waals surface area contributed by atoms with Crippen molar-refractivity contribution in [3.05, 3.63) is 18.0 Å². The van der Waals surface area contributed by atoms with Crippen LogP contribution in [0.1, 0.15) is 29.6 Å². The van der Waals surface area contributed by atoms with Crippen molar-refractivity contribution in [1.29, 1.82) is 0 Å². The first-order valence-corrected chi connectivity index (χ1v) is 7.35. The molecule has 2 atom stereocenters. The zero-order chi connectivity index (χ0) is 14.1. The molecule has 2 aliphatic rings. The Labute approximate surface area is 119 Å². The lowest BCUT2D eigenvalue weighted by Gasteiger charge is -2.39. The minimum absolute atomic E-state index is 0.0599. The highest BCUT2D eigenvalue weighted by Crippen LogP contribution is 2.25. The van der Waals surface area contributed by atoms with Crippen LogP contribution in [0.4, 0.5) is 0 Å². The van der Waals surface area contributed by atoms with Crippen molar-refractivity contribution < 1.29 is 9.90 Å². The number of aliphatic hydroxyl groups excluding tert-OH is 1. The van der Waals surface area contributed by atoms with E-state index in [4.69, 9.17) is 0 Å². The highest BCUT2D eigenvalue weighted by atomic mass is 16.3. The highest BCUT2D eigenvalue weighted by molar-refractivity contribution is 5.93. The van der Waals surface area contributed by atoms with Gasteiger partial charge in [0.05, 0.1) is 17.9 Å². The summed E-state index contributed by atoms with van der Waals surface area (Å²) in [4.78, 5) is 16.5. The highest BCUT2D eigenvalue weighted by Gasteiger charge is 2.33. The van der Waals surface area contributed by atoms with E-state index in [2.05, 4.69) is 10.00 Å². The second-order valence-corrected chi connectivity index (χ2v) is 5.80. The fourth-order valence-electron chi connectivity index (χ4n) is 3.32. The third kappa shape index (κ3) is 2.58. The second-order valence-electron chi connectivity index (χ2n) is 5.80. The largest absolute Gasteiger partial charge is 0.391 e. The monoisotopic (exact) mass is 278 g/mol. The van der Waals surface area contributed by atoms with E-state index in [1.165, 1.54) is 0 Å². The number of nitrogens with zero attached hydrogens (tertiary/aromatic N) is 4. The molecule has 1 N–H and O–H groups in total. The Morgan fingerprint density at radius 1 is 1.30 bits per heavy atom. The molecule has 0 radical (unpaired) electrons. The van der Waals surface area contributed by atoms with Crippen molar-refractivity contribution in [2.24, 2.45) is 7.05 Å². The van der Waals surface area contributed by atoms with Crippen LogP contribution in [0.15, 0.2) is 12.4 Å². The normalized spacial score (nSPS) is 28.0.